The Labute approximate surface area is 125 Å². The minimum atomic E-state index is 0.756. The van der Waals surface area contributed by atoms with E-state index in [1.165, 1.54) is 51.7 Å². The van der Waals surface area contributed by atoms with E-state index in [9.17, 15) is 0 Å². The highest BCUT2D eigenvalue weighted by atomic mass is 15.4. The van der Waals surface area contributed by atoms with E-state index in [-0.39, 0.29) is 0 Å². The normalized spacial score (nSPS) is 47.4. The third kappa shape index (κ3) is 2.92. The molecule has 0 bridgehead atoms. The van der Waals surface area contributed by atoms with Crippen molar-refractivity contribution in [1.29, 1.82) is 0 Å². The van der Waals surface area contributed by atoms with Crippen LogP contribution in [0.2, 0.25) is 0 Å². The minimum absolute atomic E-state index is 0.756. The lowest BCUT2D eigenvalue weighted by molar-refractivity contribution is 0.0250. The van der Waals surface area contributed by atoms with Gasteiger partial charge in [0.2, 0.25) is 0 Å². The fraction of sp³-hybridized carbons (Fsp3) is 1.00. The fourth-order valence-electron chi connectivity index (χ4n) is 5.55. The maximum absolute atomic E-state index is 2.87. The summed E-state index contributed by atoms with van der Waals surface area (Å²) in [7, 11) is 0. The van der Waals surface area contributed by atoms with Gasteiger partial charge in [0.25, 0.3) is 0 Å². The van der Waals surface area contributed by atoms with Crippen molar-refractivity contribution in [2.24, 2.45) is 23.7 Å². The Hall–Kier alpha value is -0.0800. The molecule has 2 heterocycles. The Morgan fingerprint density at radius 3 is 2.35 bits per heavy atom. The number of fused-ring (bicyclic) bond motifs is 1. The predicted octanol–water partition coefficient (Wildman–Crippen LogP) is 3.82. The second-order valence-electron chi connectivity index (χ2n) is 8.36. The van der Waals surface area contributed by atoms with Gasteiger partial charge in [0.1, 0.15) is 0 Å². The van der Waals surface area contributed by atoms with Gasteiger partial charge in [-0.15, -0.1) is 0 Å². The van der Waals surface area contributed by atoms with Gasteiger partial charge >= 0.3 is 0 Å². The van der Waals surface area contributed by atoms with Gasteiger partial charge in [-0.05, 0) is 69.2 Å². The average Bonchev–Trinajstić information content (AvgIpc) is 2.66. The summed E-state index contributed by atoms with van der Waals surface area (Å²) in [4.78, 5) is 5.65. The quantitative estimate of drug-likeness (QED) is 0.757. The molecule has 3 rings (SSSR count). The van der Waals surface area contributed by atoms with Gasteiger partial charge in [0.15, 0.2) is 0 Å². The Morgan fingerprint density at radius 1 is 0.950 bits per heavy atom. The van der Waals surface area contributed by atoms with Crippen molar-refractivity contribution in [2.45, 2.75) is 72.0 Å². The molecule has 3 fully saturated rings. The van der Waals surface area contributed by atoms with Crippen LogP contribution in [0.4, 0.5) is 0 Å². The fourth-order valence-corrected chi connectivity index (χ4v) is 5.55. The molecular weight excluding hydrogens is 244 g/mol. The van der Waals surface area contributed by atoms with Crippen molar-refractivity contribution in [1.82, 2.24) is 9.80 Å². The molecule has 5 unspecified atom stereocenters. The first-order valence-electron chi connectivity index (χ1n) is 9.04. The van der Waals surface area contributed by atoms with Gasteiger partial charge < -0.3 is 0 Å². The lowest BCUT2D eigenvalue weighted by atomic mass is 9.76. The van der Waals surface area contributed by atoms with Crippen LogP contribution in [0.25, 0.3) is 0 Å². The molecule has 3 aliphatic rings. The molecule has 2 saturated heterocycles. The monoisotopic (exact) mass is 278 g/mol. The first kappa shape index (κ1) is 14.8. The zero-order valence-corrected chi connectivity index (χ0v) is 14.0. The van der Waals surface area contributed by atoms with Gasteiger partial charge in [-0.3, -0.25) is 9.80 Å². The molecule has 0 aromatic rings. The first-order valence-corrected chi connectivity index (χ1v) is 9.04. The standard InChI is InChI=1S/C18H34N2/c1-13-8-14(2)10-17(9-13)12-20-16(4)11-19-7-5-6-15(3)18(19)20/h13-18H,5-12H2,1-4H3. The topological polar surface area (TPSA) is 6.48 Å². The Balaban J connectivity index is 1.66. The van der Waals surface area contributed by atoms with E-state index < -0.39 is 0 Å². The lowest BCUT2D eigenvalue weighted by Gasteiger charge is -2.42. The Bertz CT molecular complexity index is 319. The summed E-state index contributed by atoms with van der Waals surface area (Å²) in [5, 5.41) is 0. The SMILES string of the molecule is CC1CC(C)CC(CN2C(C)CN3CCCC(C)C32)C1. The van der Waals surface area contributed by atoms with Crippen LogP contribution in [0.1, 0.15) is 59.8 Å². The molecule has 2 heteroatoms. The van der Waals surface area contributed by atoms with Gasteiger partial charge in [0, 0.05) is 19.1 Å². The molecule has 1 saturated carbocycles. The number of nitrogens with zero attached hydrogens (tertiary/aromatic N) is 2. The number of hydrogen-bond donors (Lipinski definition) is 0. The lowest BCUT2D eigenvalue weighted by Crippen LogP contribution is -2.49. The number of hydrogen-bond acceptors (Lipinski definition) is 2. The zero-order valence-electron chi connectivity index (χ0n) is 14.0. The average molecular weight is 278 g/mol. The highest BCUT2D eigenvalue weighted by Crippen LogP contribution is 2.37. The van der Waals surface area contributed by atoms with Crippen molar-refractivity contribution >= 4 is 0 Å². The summed E-state index contributed by atoms with van der Waals surface area (Å²) >= 11 is 0. The van der Waals surface area contributed by atoms with Crippen LogP contribution in [-0.4, -0.2) is 41.6 Å². The number of rotatable bonds is 2. The van der Waals surface area contributed by atoms with Crippen LogP contribution in [0.5, 0.6) is 0 Å². The van der Waals surface area contributed by atoms with E-state index >= 15 is 0 Å². The van der Waals surface area contributed by atoms with Gasteiger partial charge in [-0.2, -0.15) is 0 Å². The summed E-state index contributed by atoms with van der Waals surface area (Å²) < 4.78 is 0. The summed E-state index contributed by atoms with van der Waals surface area (Å²) in [6.45, 7) is 13.9. The molecule has 0 spiro atoms. The third-order valence-corrected chi connectivity index (χ3v) is 6.14. The van der Waals surface area contributed by atoms with E-state index in [0.717, 1.165) is 35.9 Å². The molecule has 0 radical (unpaired) electrons. The molecule has 20 heavy (non-hydrogen) atoms. The maximum Gasteiger partial charge on any atom is 0.0652 e. The van der Waals surface area contributed by atoms with E-state index in [4.69, 9.17) is 0 Å². The van der Waals surface area contributed by atoms with Gasteiger partial charge in [-0.25, -0.2) is 0 Å². The van der Waals surface area contributed by atoms with Crippen LogP contribution >= 0.6 is 0 Å². The molecule has 0 N–H and O–H groups in total. The molecule has 0 amide bonds. The molecule has 0 aromatic heterocycles. The van der Waals surface area contributed by atoms with E-state index in [0.29, 0.717) is 0 Å². The predicted molar refractivity (Wildman–Crippen MR) is 85.6 cm³/mol. The minimum Gasteiger partial charge on any atom is -0.286 e. The smallest absolute Gasteiger partial charge is 0.0652 e. The van der Waals surface area contributed by atoms with Crippen molar-refractivity contribution in [3.63, 3.8) is 0 Å². The van der Waals surface area contributed by atoms with Crippen molar-refractivity contribution in [3.8, 4) is 0 Å². The summed E-state index contributed by atoms with van der Waals surface area (Å²) in [6.07, 6.45) is 7.99. The highest BCUT2D eigenvalue weighted by molar-refractivity contribution is 4.94. The van der Waals surface area contributed by atoms with Crippen LogP contribution in [-0.2, 0) is 0 Å². The first-order chi connectivity index (χ1) is 9.54. The van der Waals surface area contributed by atoms with Crippen LogP contribution in [0, 0.1) is 23.7 Å². The molecule has 0 aromatic carbocycles. The summed E-state index contributed by atoms with van der Waals surface area (Å²) in [6, 6.07) is 0.771. The van der Waals surface area contributed by atoms with E-state index in [2.05, 4.69) is 37.5 Å². The summed E-state index contributed by atoms with van der Waals surface area (Å²) in [5.74, 6) is 3.71. The Kier molecular flexibility index (Phi) is 4.42. The van der Waals surface area contributed by atoms with Gasteiger partial charge in [-0.1, -0.05) is 20.8 Å². The number of piperidine rings is 1. The van der Waals surface area contributed by atoms with Crippen LogP contribution in [0.15, 0.2) is 0 Å². The second kappa shape index (κ2) is 5.96. The third-order valence-electron chi connectivity index (χ3n) is 6.14. The highest BCUT2D eigenvalue weighted by Gasteiger charge is 2.42. The molecule has 5 atom stereocenters. The largest absolute Gasteiger partial charge is 0.286 e. The second-order valence-corrected chi connectivity index (χ2v) is 8.36. The molecule has 2 aliphatic heterocycles. The van der Waals surface area contributed by atoms with E-state index in [1.54, 1.807) is 0 Å². The van der Waals surface area contributed by atoms with E-state index in [1.807, 2.05) is 0 Å². The molecular formula is C18H34N2. The van der Waals surface area contributed by atoms with Crippen molar-refractivity contribution in [2.75, 3.05) is 19.6 Å². The molecule has 1 aliphatic carbocycles. The summed E-state index contributed by atoms with van der Waals surface area (Å²) in [5.41, 5.74) is 0. The van der Waals surface area contributed by atoms with Crippen LogP contribution in [0.3, 0.4) is 0 Å². The molecule has 116 valence electrons. The van der Waals surface area contributed by atoms with Crippen molar-refractivity contribution < 1.29 is 0 Å². The van der Waals surface area contributed by atoms with Crippen LogP contribution < -0.4 is 0 Å². The zero-order chi connectivity index (χ0) is 14.3. The van der Waals surface area contributed by atoms with Gasteiger partial charge in [0.05, 0.1) is 6.17 Å². The maximum atomic E-state index is 2.87. The molecule has 2 nitrogen and oxygen atoms in total. The Morgan fingerprint density at radius 2 is 1.65 bits per heavy atom. The van der Waals surface area contributed by atoms with Crippen molar-refractivity contribution in [3.05, 3.63) is 0 Å².